The van der Waals surface area contributed by atoms with Crippen LogP contribution in [0, 0.1) is 12.7 Å². The highest BCUT2D eigenvalue weighted by atomic mass is 35.5. The molecule has 126 valence electrons. The number of carbonyl (C=O) groups is 1. The molecule has 0 radical (unpaired) electrons. The highest BCUT2D eigenvalue weighted by Gasteiger charge is 2.17. The third kappa shape index (κ3) is 3.19. The van der Waals surface area contributed by atoms with Gasteiger partial charge in [0.05, 0.1) is 5.69 Å². The monoisotopic (exact) mass is 357 g/mol. The Morgan fingerprint density at radius 3 is 2.48 bits per heavy atom. The van der Waals surface area contributed by atoms with Crippen LogP contribution in [0.25, 0.3) is 22.4 Å². The Morgan fingerprint density at radius 1 is 1.12 bits per heavy atom. The van der Waals surface area contributed by atoms with Crippen LogP contribution in [0.1, 0.15) is 16.1 Å². The van der Waals surface area contributed by atoms with Crippen molar-refractivity contribution < 1.29 is 19.4 Å². The number of phenols is 1. The van der Waals surface area contributed by atoms with Gasteiger partial charge in [-0.05, 0) is 42.3 Å². The fourth-order valence-electron chi connectivity index (χ4n) is 2.60. The van der Waals surface area contributed by atoms with Crippen molar-refractivity contribution in [2.24, 2.45) is 0 Å². The van der Waals surface area contributed by atoms with Crippen molar-refractivity contribution in [3.05, 3.63) is 70.6 Å². The highest BCUT2D eigenvalue weighted by molar-refractivity contribution is 6.32. The molecule has 0 unspecified atom stereocenters. The quantitative estimate of drug-likeness (QED) is 0.698. The number of aromatic carboxylic acids is 1. The first-order valence-corrected chi connectivity index (χ1v) is 7.75. The Morgan fingerprint density at radius 2 is 1.84 bits per heavy atom. The van der Waals surface area contributed by atoms with Gasteiger partial charge in [0, 0.05) is 11.1 Å². The van der Waals surface area contributed by atoms with Crippen molar-refractivity contribution in [2.45, 2.75) is 6.92 Å². The van der Waals surface area contributed by atoms with Gasteiger partial charge in [-0.1, -0.05) is 35.9 Å². The molecule has 1 heterocycles. The molecule has 0 aliphatic rings. The lowest BCUT2D eigenvalue weighted by atomic mass is 9.95. The smallest absolute Gasteiger partial charge is 0.354 e. The van der Waals surface area contributed by atoms with E-state index in [4.69, 9.17) is 11.6 Å². The van der Waals surface area contributed by atoms with Gasteiger partial charge in [-0.25, -0.2) is 14.2 Å². The van der Waals surface area contributed by atoms with E-state index in [1.54, 1.807) is 6.07 Å². The third-order valence-electron chi connectivity index (χ3n) is 3.83. The van der Waals surface area contributed by atoms with E-state index in [1.807, 2.05) is 31.2 Å². The lowest BCUT2D eigenvalue weighted by Crippen LogP contribution is -2.03. The number of phenolic OH excluding ortho intramolecular Hbond substituents is 1. The first-order valence-electron chi connectivity index (χ1n) is 7.37. The summed E-state index contributed by atoms with van der Waals surface area (Å²) in [5, 5.41) is 18.6. The fourth-order valence-corrected chi connectivity index (χ4v) is 2.71. The van der Waals surface area contributed by atoms with Crippen molar-refractivity contribution in [3.63, 3.8) is 0 Å². The lowest BCUT2D eigenvalue weighted by molar-refractivity contribution is 0.0690. The van der Waals surface area contributed by atoms with E-state index in [1.165, 1.54) is 12.1 Å². The predicted molar refractivity (Wildman–Crippen MR) is 93.4 cm³/mol. The van der Waals surface area contributed by atoms with E-state index < -0.39 is 22.6 Å². The van der Waals surface area contributed by atoms with Crippen LogP contribution in [-0.4, -0.2) is 21.2 Å². The van der Waals surface area contributed by atoms with Crippen LogP contribution in [0.4, 0.5) is 4.39 Å². The minimum absolute atomic E-state index is 0.179. The van der Waals surface area contributed by atoms with Crippen molar-refractivity contribution in [3.8, 4) is 28.1 Å². The highest BCUT2D eigenvalue weighted by Crippen LogP contribution is 2.37. The van der Waals surface area contributed by atoms with Crippen LogP contribution in [0.2, 0.25) is 5.02 Å². The molecular formula is C19H13ClFNO3. The SMILES string of the molecule is Cc1ccccc1-c1ccc(C(=O)O)nc1-c1cc(O)c(Cl)c(F)c1. The first-order chi connectivity index (χ1) is 11.9. The Hall–Kier alpha value is -2.92. The van der Waals surface area contributed by atoms with Gasteiger partial charge in [0.25, 0.3) is 0 Å². The second-order valence-electron chi connectivity index (χ2n) is 5.50. The fraction of sp³-hybridized carbons (Fsp3) is 0.0526. The summed E-state index contributed by atoms with van der Waals surface area (Å²) in [6, 6.07) is 12.9. The predicted octanol–water partition coefficient (Wildman–Crippen LogP) is 4.92. The zero-order chi connectivity index (χ0) is 18.1. The van der Waals surface area contributed by atoms with Gasteiger partial charge in [0.15, 0.2) is 0 Å². The molecule has 0 amide bonds. The molecule has 0 bridgehead atoms. The standard InChI is InChI=1S/C19H13ClFNO3/c1-10-4-2-3-5-12(10)13-6-7-15(19(24)25)22-18(13)11-8-14(21)17(20)16(23)9-11/h2-9,23H,1H3,(H,24,25). The Labute approximate surface area is 148 Å². The van der Waals surface area contributed by atoms with Gasteiger partial charge >= 0.3 is 5.97 Å². The van der Waals surface area contributed by atoms with Crippen molar-refractivity contribution >= 4 is 17.6 Å². The van der Waals surface area contributed by atoms with Crippen LogP contribution in [0.3, 0.4) is 0 Å². The Balaban J connectivity index is 2.32. The summed E-state index contributed by atoms with van der Waals surface area (Å²) >= 11 is 5.66. The second kappa shape index (κ2) is 6.53. The summed E-state index contributed by atoms with van der Waals surface area (Å²) < 4.78 is 14.0. The molecule has 0 spiro atoms. The number of rotatable bonds is 3. The minimum atomic E-state index is -1.20. The number of halogens is 2. The maximum absolute atomic E-state index is 14.0. The molecule has 25 heavy (non-hydrogen) atoms. The number of hydrogen-bond acceptors (Lipinski definition) is 3. The number of nitrogens with zero attached hydrogens (tertiary/aromatic N) is 1. The molecule has 3 rings (SSSR count). The van der Waals surface area contributed by atoms with Gasteiger partial charge in [-0.2, -0.15) is 0 Å². The van der Waals surface area contributed by atoms with Gasteiger partial charge in [0.1, 0.15) is 22.3 Å². The number of hydrogen-bond donors (Lipinski definition) is 2. The third-order valence-corrected chi connectivity index (χ3v) is 4.21. The first kappa shape index (κ1) is 16.9. The zero-order valence-electron chi connectivity index (χ0n) is 13.1. The van der Waals surface area contributed by atoms with E-state index in [9.17, 15) is 19.4 Å². The summed E-state index contributed by atoms with van der Waals surface area (Å²) in [5.74, 6) is -2.44. The normalized spacial score (nSPS) is 10.7. The van der Waals surface area contributed by atoms with Crippen LogP contribution >= 0.6 is 11.6 Å². The van der Waals surface area contributed by atoms with E-state index in [2.05, 4.69) is 4.98 Å². The molecule has 0 aliphatic heterocycles. The van der Waals surface area contributed by atoms with Crippen molar-refractivity contribution in [1.82, 2.24) is 4.98 Å². The average molecular weight is 358 g/mol. The number of aryl methyl sites for hydroxylation is 1. The molecule has 3 aromatic rings. The van der Waals surface area contributed by atoms with Crippen LogP contribution in [-0.2, 0) is 0 Å². The number of benzene rings is 2. The molecule has 0 fully saturated rings. The minimum Gasteiger partial charge on any atom is -0.506 e. The van der Waals surface area contributed by atoms with E-state index in [0.717, 1.165) is 17.2 Å². The maximum atomic E-state index is 14.0. The summed E-state index contributed by atoms with van der Waals surface area (Å²) in [4.78, 5) is 15.4. The topological polar surface area (TPSA) is 70.4 Å². The molecule has 1 aromatic heterocycles. The molecule has 4 nitrogen and oxygen atoms in total. The summed E-state index contributed by atoms with van der Waals surface area (Å²) in [6.07, 6.45) is 0. The van der Waals surface area contributed by atoms with Crippen molar-refractivity contribution in [2.75, 3.05) is 0 Å². The molecule has 0 atom stereocenters. The molecular weight excluding hydrogens is 345 g/mol. The number of carboxylic acid groups (broad SMARTS) is 1. The average Bonchev–Trinajstić information content (AvgIpc) is 2.59. The molecule has 2 aromatic carbocycles. The van der Waals surface area contributed by atoms with Gasteiger partial charge in [-0.3, -0.25) is 0 Å². The van der Waals surface area contributed by atoms with Crippen molar-refractivity contribution in [1.29, 1.82) is 0 Å². The molecule has 2 N–H and O–H groups in total. The summed E-state index contributed by atoms with van der Waals surface area (Å²) in [6.45, 7) is 1.91. The van der Waals surface area contributed by atoms with Gasteiger partial charge < -0.3 is 10.2 Å². The van der Waals surface area contributed by atoms with Gasteiger partial charge in [0.2, 0.25) is 0 Å². The second-order valence-corrected chi connectivity index (χ2v) is 5.88. The van der Waals surface area contributed by atoms with E-state index >= 15 is 0 Å². The van der Waals surface area contributed by atoms with Crippen LogP contribution < -0.4 is 0 Å². The van der Waals surface area contributed by atoms with Gasteiger partial charge in [-0.15, -0.1) is 0 Å². The summed E-state index contributed by atoms with van der Waals surface area (Å²) in [5.41, 5.74) is 2.72. The Kier molecular flexibility index (Phi) is 4.42. The maximum Gasteiger partial charge on any atom is 0.354 e. The number of carboxylic acids is 1. The summed E-state index contributed by atoms with van der Waals surface area (Å²) in [7, 11) is 0. The number of aromatic nitrogens is 1. The Bertz CT molecular complexity index is 965. The number of aromatic hydroxyl groups is 1. The lowest BCUT2D eigenvalue weighted by Gasteiger charge is -2.13. The molecule has 0 saturated heterocycles. The molecule has 0 saturated carbocycles. The molecule has 0 aliphatic carbocycles. The van der Waals surface area contributed by atoms with Crippen LogP contribution in [0.5, 0.6) is 5.75 Å². The largest absolute Gasteiger partial charge is 0.506 e. The van der Waals surface area contributed by atoms with E-state index in [0.29, 0.717) is 5.56 Å². The van der Waals surface area contributed by atoms with Crippen LogP contribution in [0.15, 0.2) is 48.5 Å². The van der Waals surface area contributed by atoms with E-state index in [-0.39, 0.29) is 17.0 Å². The molecule has 6 heteroatoms. The zero-order valence-corrected chi connectivity index (χ0v) is 13.9. The number of pyridine rings is 1.